The SMILES string of the molecule is CS(=O)(=O)N1CCCC1c1cnc(N2CCOC2=O)cn1. The van der Waals surface area contributed by atoms with Crippen LogP contribution < -0.4 is 4.90 Å². The molecule has 8 nitrogen and oxygen atoms in total. The van der Waals surface area contributed by atoms with Gasteiger partial charge in [-0.25, -0.2) is 18.2 Å². The van der Waals surface area contributed by atoms with Crippen molar-refractivity contribution in [1.29, 1.82) is 0 Å². The average molecular weight is 312 g/mol. The zero-order chi connectivity index (χ0) is 15.0. The van der Waals surface area contributed by atoms with Crippen molar-refractivity contribution >= 4 is 21.9 Å². The van der Waals surface area contributed by atoms with Crippen LogP contribution in [0.25, 0.3) is 0 Å². The first-order valence-corrected chi connectivity index (χ1v) is 8.55. The second-order valence-corrected chi connectivity index (χ2v) is 7.03. The number of anilines is 1. The number of ether oxygens (including phenoxy) is 1. The molecule has 3 heterocycles. The molecule has 1 aromatic heterocycles. The van der Waals surface area contributed by atoms with E-state index >= 15 is 0 Å². The first kappa shape index (κ1) is 14.2. The van der Waals surface area contributed by atoms with Crippen molar-refractivity contribution in [2.45, 2.75) is 18.9 Å². The number of nitrogens with zero attached hydrogens (tertiary/aromatic N) is 4. The smallest absolute Gasteiger partial charge is 0.415 e. The third-order valence-electron chi connectivity index (χ3n) is 3.67. The topological polar surface area (TPSA) is 92.7 Å². The quantitative estimate of drug-likeness (QED) is 0.808. The van der Waals surface area contributed by atoms with E-state index in [4.69, 9.17) is 4.74 Å². The van der Waals surface area contributed by atoms with Crippen LogP contribution in [-0.4, -0.2) is 54.7 Å². The molecule has 21 heavy (non-hydrogen) atoms. The zero-order valence-corrected chi connectivity index (χ0v) is 12.4. The van der Waals surface area contributed by atoms with Gasteiger partial charge in [-0.2, -0.15) is 4.31 Å². The molecule has 0 bridgehead atoms. The Balaban J connectivity index is 1.82. The van der Waals surface area contributed by atoms with Crippen LogP contribution >= 0.6 is 0 Å². The highest BCUT2D eigenvalue weighted by molar-refractivity contribution is 7.88. The summed E-state index contributed by atoms with van der Waals surface area (Å²) >= 11 is 0. The second kappa shape index (κ2) is 5.23. The van der Waals surface area contributed by atoms with Crippen LogP contribution in [0, 0.1) is 0 Å². The van der Waals surface area contributed by atoms with Gasteiger partial charge in [0.25, 0.3) is 0 Å². The van der Waals surface area contributed by atoms with E-state index in [0.717, 1.165) is 12.8 Å². The molecular formula is C12H16N4O4S. The predicted molar refractivity (Wildman–Crippen MR) is 74.3 cm³/mol. The lowest BCUT2D eigenvalue weighted by Crippen LogP contribution is -2.30. The van der Waals surface area contributed by atoms with Gasteiger partial charge in [0, 0.05) is 6.54 Å². The summed E-state index contributed by atoms with van der Waals surface area (Å²) < 4.78 is 29.8. The second-order valence-electron chi connectivity index (χ2n) is 5.10. The molecule has 0 spiro atoms. The molecule has 0 N–H and O–H groups in total. The van der Waals surface area contributed by atoms with Crippen LogP contribution in [-0.2, 0) is 14.8 Å². The Labute approximate surface area is 122 Å². The number of sulfonamides is 1. The average Bonchev–Trinajstić information content (AvgIpc) is 3.06. The minimum atomic E-state index is -3.25. The lowest BCUT2D eigenvalue weighted by molar-refractivity contribution is 0.181. The van der Waals surface area contributed by atoms with Crippen molar-refractivity contribution in [3.8, 4) is 0 Å². The highest BCUT2D eigenvalue weighted by Crippen LogP contribution is 2.32. The van der Waals surface area contributed by atoms with Gasteiger partial charge in [0.15, 0.2) is 5.82 Å². The number of hydrogen-bond donors (Lipinski definition) is 0. The van der Waals surface area contributed by atoms with Gasteiger partial charge in [-0.15, -0.1) is 0 Å². The molecule has 1 amide bonds. The van der Waals surface area contributed by atoms with Crippen molar-refractivity contribution in [1.82, 2.24) is 14.3 Å². The van der Waals surface area contributed by atoms with Gasteiger partial charge < -0.3 is 4.74 Å². The summed E-state index contributed by atoms with van der Waals surface area (Å²) in [6, 6.07) is -0.271. The molecule has 2 saturated heterocycles. The van der Waals surface area contributed by atoms with Gasteiger partial charge >= 0.3 is 6.09 Å². The molecule has 2 aliphatic heterocycles. The lowest BCUT2D eigenvalue weighted by Gasteiger charge is -2.21. The summed E-state index contributed by atoms with van der Waals surface area (Å²) in [5.74, 6) is 0.421. The molecule has 1 unspecified atom stereocenters. The fourth-order valence-electron chi connectivity index (χ4n) is 2.68. The maximum Gasteiger partial charge on any atom is 0.415 e. The largest absolute Gasteiger partial charge is 0.447 e. The van der Waals surface area contributed by atoms with Crippen LogP contribution in [0.4, 0.5) is 10.6 Å². The summed E-state index contributed by atoms with van der Waals surface area (Å²) in [4.78, 5) is 21.3. The lowest BCUT2D eigenvalue weighted by atomic mass is 10.2. The van der Waals surface area contributed by atoms with Gasteiger partial charge in [-0.05, 0) is 12.8 Å². The Morgan fingerprint density at radius 1 is 1.29 bits per heavy atom. The zero-order valence-electron chi connectivity index (χ0n) is 11.6. The number of rotatable bonds is 3. The summed E-state index contributed by atoms with van der Waals surface area (Å²) in [6.45, 7) is 1.30. The highest BCUT2D eigenvalue weighted by Gasteiger charge is 2.34. The number of carbonyl (C=O) groups is 1. The predicted octanol–water partition coefficient (Wildman–Crippen LogP) is 0.530. The molecule has 9 heteroatoms. The van der Waals surface area contributed by atoms with E-state index in [1.807, 2.05) is 0 Å². The summed E-state index contributed by atoms with van der Waals surface area (Å²) in [5.41, 5.74) is 0.606. The van der Waals surface area contributed by atoms with Crippen molar-refractivity contribution in [3.05, 3.63) is 18.1 Å². The van der Waals surface area contributed by atoms with E-state index in [0.29, 0.717) is 31.2 Å². The molecule has 0 radical (unpaired) electrons. The molecule has 0 saturated carbocycles. The molecule has 2 aliphatic rings. The Morgan fingerprint density at radius 3 is 2.67 bits per heavy atom. The van der Waals surface area contributed by atoms with Crippen LogP contribution in [0.3, 0.4) is 0 Å². The van der Waals surface area contributed by atoms with E-state index in [-0.39, 0.29) is 6.04 Å². The molecule has 1 atom stereocenters. The van der Waals surface area contributed by atoms with Crippen LogP contribution in [0.2, 0.25) is 0 Å². The van der Waals surface area contributed by atoms with E-state index in [1.54, 1.807) is 0 Å². The first-order valence-electron chi connectivity index (χ1n) is 6.70. The van der Waals surface area contributed by atoms with Crippen molar-refractivity contribution in [3.63, 3.8) is 0 Å². The molecule has 114 valence electrons. The molecular weight excluding hydrogens is 296 g/mol. The van der Waals surface area contributed by atoms with Gasteiger partial charge in [-0.1, -0.05) is 0 Å². The normalized spacial score (nSPS) is 23.6. The minimum absolute atomic E-state index is 0.271. The number of hydrogen-bond acceptors (Lipinski definition) is 6. The monoisotopic (exact) mass is 312 g/mol. The molecule has 0 aromatic carbocycles. The summed E-state index contributed by atoms with van der Waals surface area (Å²) in [5, 5.41) is 0. The van der Waals surface area contributed by atoms with Gasteiger partial charge in [0.05, 0.1) is 36.9 Å². The van der Waals surface area contributed by atoms with E-state index in [2.05, 4.69) is 9.97 Å². The fraction of sp³-hybridized carbons (Fsp3) is 0.583. The first-order chi connectivity index (χ1) is 9.97. The van der Waals surface area contributed by atoms with Gasteiger partial charge in [0.1, 0.15) is 6.61 Å². The molecule has 1 aromatic rings. The maximum absolute atomic E-state index is 11.7. The molecule has 3 rings (SSSR count). The summed E-state index contributed by atoms with van der Waals surface area (Å²) in [6.07, 6.45) is 5.32. The van der Waals surface area contributed by atoms with Gasteiger partial charge in [-0.3, -0.25) is 9.88 Å². The third-order valence-corrected chi connectivity index (χ3v) is 4.96. The Morgan fingerprint density at radius 2 is 2.10 bits per heavy atom. The number of aromatic nitrogens is 2. The van der Waals surface area contributed by atoms with Crippen LogP contribution in [0.5, 0.6) is 0 Å². The van der Waals surface area contributed by atoms with Crippen molar-refractivity contribution in [2.75, 3.05) is 30.9 Å². The molecule has 2 fully saturated rings. The third kappa shape index (κ3) is 2.70. The van der Waals surface area contributed by atoms with E-state index in [9.17, 15) is 13.2 Å². The minimum Gasteiger partial charge on any atom is -0.447 e. The van der Waals surface area contributed by atoms with Crippen molar-refractivity contribution < 1.29 is 17.9 Å². The number of carbonyl (C=O) groups excluding carboxylic acids is 1. The Bertz CT molecular complexity index is 646. The number of cyclic esters (lactones) is 1. The summed E-state index contributed by atoms with van der Waals surface area (Å²) in [7, 11) is -3.25. The van der Waals surface area contributed by atoms with Gasteiger partial charge in [0.2, 0.25) is 10.0 Å². The van der Waals surface area contributed by atoms with E-state index in [1.165, 1.54) is 27.9 Å². The Kier molecular flexibility index (Phi) is 3.54. The maximum atomic E-state index is 11.7. The molecule has 0 aliphatic carbocycles. The standard InChI is InChI=1S/C12H16N4O4S/c1-21(18,19)16-4-2-3-10(16)9-7-14-11(8-13-9)15-5-6-20-12(15)17/h7-8,10H,2-6H2,1H3. The van der Waals surface area contributed by atoms with Crippen LogP contribution in [0.15, 0.2) is 12.4 Å². The van der Waals surface area contributed by atoms with E-state index < -0.39 is 16.1 Å². The van der Waals surface area contributed by atoms with Crippen molar-refractivity contribution in [2.24, 2.45) is 0 Å². The number of amides is 1. The highest BCUT2D eigenvalue weighted by atomic mass is 32.2. The Hall–Kier alpha value is -1.74. The fourth-order valence-corrected chi connectivity index (χ4v) is 3.81. The van der Waals surface area contributed by atoms with Crippen LogP contribution in [0.1, 0.15) is 24.6 Å².